The molecule has 2 nitrogen and oxygen atoms in total. The van der Waals surface area contributed by atoms with Crippen molar-refractivity contribution in [1.29, 1.82) is 0 Å². The van der Waals surface area contributed by atoms with Crippen LogP contribution in [-0.2, 0) is 4.79 Å². The standard InChI is InChI=1S/C14H14BrNOS2/c1-2-3-7-16-13(17)12(19-14(16)18)9-10-5-4-6-11(15)8-10/h4-6,8-9H,2-3,7H2,1H3/b12-9+. The smallest absolute Gasteiger partial charge is 0.266 e. The average molecular weight is 356 g/mol. The molecule has 1 fully saturated rings. The number of nitrogens with zero attached hydrogens (tertiary/aromatic N) is 1. The normalized spacial score (nSPS) is 17.6. The van der Waals surface area contributed by atoms with Gasteiger partial charge in [0.2, 0.25) is 0 Å². The van der Waals surface area contributed by atoms with Crippen molar-refractivity contribution >= 4 is 56.2 Å². The predicted molar refractivity (Wildman–Crippen MR) is 88.9 cm³/mol. The molecule has 0 saturated carbocycles. The van der Waals surface area contributed by atoms with E-state index in [4.69, 9.17) is 12.2 Å². The van der Waals surface area contributed by atoms with Gasteiger partial charge < -0.3 is 0 Å². The zero-order chi connectivity index (χ0) is 13.8. The molecule has 0 bridgehead atoms. The summed E-state index contributed by atoms with van der Waals surface area (Å²) in [5.41, 5.74) is 1.00. The molecule has 0 radical (unpaired) electrons. The molecule has 0 aliphatic carbocycles. The van der Waals surface area contributed by atoms with Crippen LogP contribution in [0.3, 0.4) is 0 Å². The second-order valence-corrected chi connectivity index (χ2v) is 6.83. The summed E-state index contributed by atoms with van der Waals surface area (Å²) < 4.78 is 1.67. The van der Waals surface area contributed by atoms with E-state index < -0.39 is 0 Å². The third-order valence-electron chi connectivity index (χ3n) is 2.76. The Kier molecular flexibility index (Phi) is 5.19. The number of carbonyl (C=O) groups excluding carboxylic acids is 1. The highest BCUT2D eigenvalue weighted by Gasteiger charge is 2.31. The Morgan fingerprint density at radius 2 is 2.26 bits per heavy atom. The minimum atomic E-state index is 0.0309. The number of thioether (sulfide) groups is 1. The molecule has 2 rings (SSSR count). The van der Waals surface area contributed by atoms with E-state index in [0.717, 1.165) is 29.4 Å². The Morgan fingerprint density at radius 1 is 1.47 bits per heavy atom. The molecule has 100 valence electrons. The van der Waals surface area contributed by atoms with Gasteiger partial charge in [-0.05, 0) is 30.2 Å². The maximum atomic E-state index is 12.2. The molecule has 0 N–H and O–H groups in total. The molecule has 19 heavy (non-hydrogen) atoms. The van der Waals surface area contributed by atoms with Crippen molar-refractivity contribution in [1.82, 2.24) is 4.90 Å². The maximum Gasteiger partial charge on any atom is 0.266 e. The van der Waals surface area contributed by atoms with E-state index >= 15 is 0 Å². The van der Waals surface area contributed by atoms with Crippen molar-refractivity contribution in [2.24, 2.45) is 0 Å². The quantitative estimate of drug-likeness (QED) is 0.587. The van der Waals surface area contributed by atoms with Gasteiger partial charge in [-0.1, -0.05) is 65.4 Å². The molecule has 1 aliphatic rings. The van der Waals surface area contributed by atoms with Crippen LogP contribution in [0.1, 0.15) is 25.3 Å². The maximum absolute atomic E-state index is 12.2. The predicted octanol–water partition coefficient (Wildman–Crippen LogP) is 4.45. The molecular weight excluding hydrogens is 342 g/mol. The van der Waals surface area contributed by atoms with Gasteiger partial charge in [0.1, 0.15) is 4.32 Å². The van der Waals surface area contributed by atoms with Gasteiger partial charge in [-0.3, -0.25) is 9.69 Å². The van der Waals surface area contributed by atoms with Crippen LogP contribution in [0.2, 0.25) is 0 Å². The van der Waals surface area contributed by atoms with Crippen LogP contribution >= 0.6 is 39.9 Å². The van der Waals surface area contributed by atoms with Crippen molar-refractivity contribution in [2.75, 3.05) is 6.54 Å². The van der Waals surface area contributed by atoms with E-state index in [-0.39, 0.29) is 5.91 Å². The van der Waals surface area contributed by atoms with E-state index in [9.17, 15) is 4.79 Å². The number of thiocarbonyl (C=S) groups is 1. The molecule has 1 amide bonds. The molecule has 1 aliphatic heterocycles. The lowest BCUT2D eigenvalue weighted by molar-refractivity contribution is -0.122. The first-order valence-electron chi connectivity index (χ1n) is 6.12. The number of rotatable bonds is 4. The number of amides is 1. The molecule has 0 spiro atoms. The van der Waals surface area contributed by atoms with Gasteiger partial charge in [0.05, 0.1) is 4.91 Å². The third-order valence-corrected chi connectivity index (χ3v) is 4.63. The molecular formula is C14H14BrNOS2. The number of halogens is 1. The van der Waals surface area contributed by atoms with Gasteiger partial charge in [0, 0.05) is 11.0 Å². The Morgan fingerprint density at radius 3 is 2.95 bits per heavy atom. The Bertz CT molecular complexity index is 542. The third kappa shape index (κ3) is 3.68. The first-order valence-corrected chi connectivity index (χ1v) is 8.14. The SMILES string of the molecule is CCCCN1C(=O)/C(=C\c2cccc(Br)c2)SC1=S. The lowest BCUT2D eigenvalue weighted by Gasteiger charge is -2.12. The van der Waals surface area contributed by atoms with Crippen LogP contribution < -0.4 is 0 Å². The fourth-order valence-electron chi connectivity index (χ4n) is 1.76. The van der Waals surface area contributed by atoms with Gasteiger partial charge in [0.15, 0.2) is 0 Å². The second kappa shape index (κ2) is 6.68. The summed E-state index contributed by atoms with van der Waals surface area (Å²) in [6.07, 6.45) is 3.94. The van der Waals surface area contributed by atoms with Crippen molar-refractivity contribution < 1.29 is 4.79 Å². The fourth-order valence-corrected chi connectivity index (χ4v) is 3.48. The molecule has 0 aromatic heterocycles. The summed E-state index contributed by atoms with van der Waals surface area (Å²) in [7, 11) is 0. The minimum absolute atomic E-state index is 0.0309. The summed E-state index contributed by atoms with van der Waals surface area (Å²) in [6, 6.07) is 7.87. The Labute approximate surface area is 131 Å². The number of unbranched alkanes of at least 4 members (excludes halogenated alkanes) is 1. The number of carbonyl (C=O) groups is 1. The highest BCUT2D eigenvalue weighted by atomic mass is 79.9. The Balaban J connectivity index is 2.18. The highest BCUT2D eigenvalue weighted by molar-refractivity contribution is 9.10. The molecule has 0 unspecified atom stereocenters. The molecule has 5 heteroatoms. The van der Waals surface area contributed by atoms with Gasteiger partial charge in [-0.15, -0.1) is 0 Å². The summed E-state index contributed by atoms with van der Waals surface area (Å²) in [6.45, 7) is 2.83. The van der Waals surface area contributed by atoms with Crippen LogP contribution in [-0.4, -0.2) is 21.7 Å². The molecule has 1 aromatic rings. The molecule has 1 heterocycles. The van der Waals surface area contributed by atoms with E-state index in [1.807, 2.05) is 30.3 Å². The van der Waals surface area contributed by atoms with Crippen molar-refractivity contribution in [3.63, 3.8) is 0 Å². The monoisotopic (exact) mass is 355 g/mol. The lowest BCUT2D eigenvalue weighted by Crippen LogP contribution is -2.28. The van der Waals surface area contributed by atoms with Crippen molar-refractivity contribution in [3.8, 4) is 0 Å². The topological polar surface area (TPSA) is 20.3 Å². The molecule has 1 aromatic carbocycles. The summed E-state index contributed by atoms with van der Waals surface area (Å²) in [5.74, 6) is 0.0309. The van der Waals surface area contributed by atoms with Crippen LogP contribution in [0.15, 0.2) is 33.6 Å². The van der Waals surface area contributed by atoms with Gasteiger partial charge in [-0.25, -0.2) is 0 Å². The van der Waals surface area contributed by atoms with Gasteiger partial charge in [-0.2, -0.15) is 0 Å². The largest absolute Gasteiger partial charge is 0.293 e. The number of hydrogen-bond acceptors (Lipinski definition) is 3. The lowest BCUT2D eigenvalue weighted by atomic mass is 10.2. The van der Waals surface area contributed by atoms with E-state index in [1.165, 1.54) is 11.8 Å². The average Bonchev–Trinajstić information content (AvgIpc) is 2.62. The van der Waals surface area contributed by atoms with Gasteiger partial charge >= 0.3 is 0 Å². The number of hydrogen-bond donors (Lipinski definition) is 0. The summed E-state index contributed by atoms with van der Waals surface area (Å²) in [5, 5.41) is 0. The van der Waals surface area contributed by atoms with Crippen LogP contribution in [0, 0.1) is 0 Å². The fraction of sp³-hybridized carbons (Fsp3) is 0.286. The van der Waals surface area contributed by atoms with Crippen LogP contribution in [0.4, 0.5) is 0 Å². The van der Waals surface area contributed by atoms with E-state index in [1.54, 1.807) is 4.90 Å². The first-order chi connectivity index (χ1) is 9.11. The van der Waals surface area contributed by atoms with Crippen LogP contribution in [0.5, 0.6) is 0 Å². The van der Waals surface area contributed by atoms with E-state index in [0.29, 0.717) is 9.23 Å². The zero-order valence-corrected chi connectivity index (χ0v) is 13.8. The number of benzene rings is 1. The van der Waals surface area contributed by atoms with Crippen molar-refractivity contribution in [2.45, 2.75) is 19.8 Å². The summed E-state index contributed by atoms with van der Waals surface area (Å²) in [4.78, 5) is 14.7. The second-order valence-electron chi connectivity index (χ2n) is 4.24. The minimum Gasteiger partial charge on any atom is -0.293 e. The zero-order valence-electron chi connectivity index (χ0n) is 10.6. The van der Waals surface area contributed by atoms with Gasteiger partial charge in [0.25, 0.3) is 5.91 Å². The summed E-state index contributed by atoms with van der Waals surface area (Å²) >= 11 is 10.1. The highest BCUT2D eigenvalue weighted by Crippen LogP contribution is 2.32. The molecule has 0 atom stereocenters. The van der Waals surface area contributed by atoms with E-state index in [2.05, 4.69) is 22.9 Å². The van der Waals surface area contributed by atoms with Crippen LogP contribution in [0.25, 0.3) is 6.08 Å². The first kappa shape index (κ1) is 14.8. The molecule has 1 saturated heterocycles. The van der Waals surface area contributed by atoms with Crippen molar-refractivity contribution in [3.05, 3.63) is 39.2 Å². The Hall–Kier alpha value is -0.650.